The van der Waals surface area contributed by atoms with E-state index >= 15 is 0 Å². The van der Waals surface area contributed by atoms with Gasteiger partial charge in [-0.1, -0.05) is 37.3 Å². The fraction of sp³-hybridized carbons (Fsp3) is 0.469. The van der Waals surface area contributed by atoms with Crippen molar-refractivity contribution >= 4 is 15.9 Å². The van der Waals surface area contributed by atoms with Gasteiger partial charge >= 0.3 is 0 Å². The van der Waals surface area contributed by atoms with Crippen molar-refractivity contribution in [1.82, 2.24) is 18.7 Å². The second-order valence-corrected chi connectivity index (χ2v) is 13.0. The first-order valence-electron chi connectivity index (χ1n) is 14.5. The molecule has 10 heteroatoms. The van der Waals surface area contributed by atoms with Crippen molar-refractivity contribution in [1.29, 1.82) is 0 Å². The third kappa shape index (κ3) is 7.06. The van der Waals surface area contributed by atoms with Gasteiger partial charge in [0, 0.05) is 44.1 Å². The number of rotatable bonds is 13. The summed E-state index contributed by atoms with van der Waals surface area (Å²) in [4.78, 5) is 17.6. The highest BCUT2D eigenvalue weighted by molar-refractivity contribution is 7.89. The maximum Gasteiger partial charge on any atom is 0.249 e. The number of ether oxygens (including phenoxy) is 2. The molecular weight excluding hydrogens is 552 g/mol. The van der Waals surface area contributed by atoms with Gasteiger partial charge < -0.3 is 23.8 Å². The van der Waals surface area contributed by atoms with Crippen molar-refractivity contribution in [2.75, 3.05) is 47.5 Å². The standard InChI is InChI=1S/C32H44N4O5S/c1-7-29-30-14-13-27(22-33(4)5)35(30)15-16-36(29)31(37)23-41-18-17-34(21-26-11-9-8-10-12-26)42(38,39)32-24(2)19-28(40-6)20-25(32)3/h8-14,19-20,29H,7,15-18,21-23H2,1-6H3. The predicted molar refractivity (Wildman–Crippen MR) is 164 cm³/mol. The van der Waals surface area contributed by atoms with Gasteiger partial charge in [0.25, 0.3) is 0 Å². The van der Waals surface area contributed by atoms with Gasteiger partial charge in [-0.15, -0.1) is 0 Å². The van der Waals surface area contributed by atoms with E-state index in [4.69, 9.17) is 9.47 Å². The Balaban J connectivity index is 1.45. The van der Waals surface area contributed by atoms with Crippen molar-refractivity contribution < 1.29 is 22.7 Å². The summed E-state index contributed by atoms with van der Waals surface area (Å²) in [5.41, 5.74) is 4.51. The minimum absolute atomic E-state index is 0.0123. The van der Waals surface area contributed by atoms with Crippen molar-refractivity contribution in [2.45, 2.75) is 57.8 Å². The van der Waals surface area contributed by atoms with Gasteiger partial charge in [0.05, 0.1) is 24.7 Å². The first kappa shape index (κ1) is 31.7. The molecule has 0 saturated carbocycles. The summed E-state index contributed by atoms with van der Waals surface area (Å²) in [6.07, 6.45) is 0.806. The molecule has 228 valence electrons. The number of amides is 1. The second kappa shape index (κ2) is 13.9. The quantitative estimate of drug-likeness (QED) is 0.273. The highest BCUT2D eigenvalue weighted by Gasteiger charge is 2.32. The Morgan fingerprint density at radius 2 is 1.69 bits per heavy atom. The number of nitrogens with zero attached hydrogens (tertiary/aromatic N) is 4. The molecule has 9 nitrogen and oxygen atoms in total. The molecule has 0 spiro atoms. The molecule has 1 unspecified atom stereocenters. The maximum absolute atomic E-state index is 14.0. The van der Waals surface area contributed by atoms with E-state index in [0.29, 0.717) is 23.4 Å². The molecule has 0 aliphatic carbocycles. The van der Waals surface area contributed by atoms with Gasteiger partial charge in [0.2, 0.25) is 15.9 Å². The predicted octanol–water partition coefficient (Wildman–Crippen LogP) is 4.38. The van der Waals surface area contributed by atoms with E-state index in [1.54, 1.807) is 33.1 Å². The lowest BCUT2D eigenvalue weighted by Gasteiger charge is -2.37. The van der Waals surface area contributed by atoms with Crippen molar-refractivity contribution in [3.05, 3.63) is 82.7 Å². The molecular formula is C32H44N4O5S. The van der Waals surface area contributed by atoms with Crippen LogP contribution in [0, 0.1) is 13.8 Å². The van der Waals surface area contributed by atoms with Crippen LogP contribution in [0.25, 0.3) is 0 Å². The Morgan fingerprint density at radius 3 is 2.31 bits per heavy atom. The Bertz CT molecular complexity index is 1450. The smallest absolute Gasteiger partial charge is 0.249 e. The highest BCUT2D eigenvalue weighted by Crippen LogP contribution is 2.31. The van der Waals surface area contributed by atoms with Crippen LogP contribution in [0.15, 0.2) is 59.5 Å². The summed E-state index contributed by atoms with van der Waals surface area (Å²) in [5, 5.41) is 0. The summed E-state index contributed by atoms with van der Waals surface area (Å²) >= 11 is 0. The lowest BCUT2D eigenvalue weighted by atomic mass is 10.1. The molecule has 4 rings (SSSR count). The fourth-order valence-corrected chi connectivity index (χ4v) is 7.67. The average Bonchev–Trinajstić information content (AvgIpc) is 3.35. The summed E-state index contributed by atoms with van der Waals surface area (Å²) in [6, 6.07) is 17.2. The zero-order valence-electron chi connectivity index (χ0n) is 25.7. The number of carbonyl (C=O) groups is 1. The van der Waals surface area contributed by atoms with Gasteiger partial charge in [0.1, 0.15) is 12.4 Å². The SMILES string of the molecule is CCC1c2ccc(CN(C)C)n2CCN1C(=O)COCCN(Cc1ccccc1)S(=O)(=O)c1c(C)cc(OC)cc1C. The molecule has 2 aromatic carbocycles. The first-order valence-corrected chi connectivity index (χ1v) is 15.9. The number of benzene rings is 2. The maximum atomic E-state index is 14.0. The van der Waals surface area contributed by atoms with Crippen LogP contribution in [-0.2, 0) is 39.2 Å². The monoisotopic (exact) mass is 596 g/mol. The Morgan fingerprint density at radius 1 is 1.00 bits per heavy atom. The first-order chi connectivity index (χ1) is 20.1. The van der Waals surface area contributed by atoms with Crippen LogP contribution in [0.2, 0.25) is 0 Å². The van der Waals surface area contributed by atoms with Crippen molar-refractivity contribution in [3.8, 4) is 5.75 Å². The van der Waals surface area contributed by atoms with E-state index < -0.39 is 10.0 Å². The van der Waals surface area contributed by atoms with E-state index in [1.807, 2.05) is 35.2 Å². The molecule has 0 bridgehead atoms. The number of carbonyl (C=O) groups excluding carboxylic acids is 1. The topological polar surface area (TPSA) is 84.3 Å². The van der Waals surface area contributed by atoms with Crippen molar-refractivity contribution in [3.63, 3.8) is 0 Å². The van der Waals surface area contributed by atoms with E-state index in [9.17, 15) is 13.2 Å². The van der Waals surface area contributed by atoms with Gasteiger partial charge in [-0.2, -0.15) is 4.31 Å². The number of sulfonamides is 1. The van der Waals surface area contributed by atoms with E-state index in [0.717, 1.165) is 30.8 Å². The average molecular weight is 597 g/mol. The minimum atomic E-state index is -3.86. The number of hydrogen-bond donors (Lipinski definition) is 0. The number of aryl methyl sites for hydroxylation is 2. The normalized spacial score (nSPS) is 15.3. The molecule has 42 heavy (non-hydrogen) atoms. The zero-order valence-corrected chi connectivity index (χ0v) is 26.5. The highest BCUT2D eigenvalue weighted by atomic mass is 32.2. The van der Waals surface area contributed by atoms with Crippen LogP contribution in [0.1, 0.15) is 47.5 Å². The molecule has 1 amide bonds. The van der Waals surface area contributed by atoms with Crippen LogP contribution in [-0.4, -0.2) is 80.5 Å². The van der Waals surface area contributed by atoms with Crippen molar-refractivity contribution in [2.24, 2.45) is 0 Å². The molecule has 2 heterocycles. The molecule has 1 atom stereocenters. The van der Waals surface area contributed by atoms with E-state index in [2.05, 4.69) is 42.6 Å². The molecule has 0 radical (unpaired) electrons. The molecule has 0 N–H and O–H groups in total. The molecule has 0 fully saturated rings. The van der Waals surface area contributed by atoms with Crippen LogP contribution in [0.3, 0.4) is 0 Å². The molecule has 3 aromatic rings. The Labute approximate surface area is 250 Å². The minimum Gasteiger partial charge on any atom is -0.497 e. The zero-order chi connectivity index (χ0) is 30.4. The lowest BCUT2D eigenvalue weighted by Crippen LogP contribution is -2.44. The number of aromatic nitrogens is 1. The lowest BCUT2D eigenvalue weighted by molar-refractivity contribution is -0.140. The number of fused-ring (bicyclic) bond motifs is 1. The van der Waals surface area contributed by atoms with Gasteiger partial charge in [-0.25, -0.2) is 8.42 Å². The molecule has 0 saturated heterocycles. The van der Waals surface area contributed by atoms with E-state index in [-0.39, 0.29) is 43.1 Å². The number of hydrogen-bond acceptors (Lipinski definition) is 6. The van der Waals surface area contributed by atoms with Gasteiger partial charge in [-0.05, 0) is 75.3 Å². The summed E-state index contributed by atoms with van der Waals surface area (Å²) in [5.74, 6) is 0.535. The summed E-state index contributed by atoms with van der Waals surface area (Å²) in [7, 11) is 1.81. The third-order valence-corrected chi connectivity index (χ3v) is 9.90. The van der Waals surface area contributed by atoms with Crippen LogP contribution in [0.4, 0.5) is 0 Å². The molecule has 1 aliphatic rings. The summed E-state index contributed by atoms with van der Waals surface area (Å²) < 4.78 is 42.9. The number of methoxy groups -OCH3 is 1. The van der Waals surface area contributed by atoms with Crippen LogP contribution >= 0.6 is 0 Å². The molecule has 1 aliphatic heterocycles. The fourth-order valence-electron chi connectivity index (χ4n) is 5.85. The third-order valence-electron chi connectivity index (χ3n) is 7.75. The summed E-state index contributed by atoms with van der Waals surface area (Å²) in [6.45, 7) is 8.18. The van der Waals surface area contributed by atoms with Crippen LogP contribution in [0.5, 0.6) is 5.75 Å². The van der Waals surface area contributed by atoms with Gasteiger partial charge in [-0.3, -0.25) is 4.79 Å². The molecule has 1 aromatic heterocycles. The Hall–Kier alpha value is -3.18. The van der Waals surface area contributed by atoms with Crippen LogP contribution < -0.4 is 4.74 Å². The Kier molecular flexibility index (Phi) is 10.5. The second-order valence-electron chi connectivity index (χ2n) is 11.1. The van der Waals surface area contributed by atoms with E-state index in [1.165, 1.54) is 10.00 Å². The largest absolute Gasteiger partial charge is 0.497 e. The van der Waals surface area contributed by atoms with Gasteiger partial charge in [0.15, 0.2) is 0 Å².